The highest BCUT2D eigenvalue weighted by molar-refractivity contribution is 5.85. The van der Waals surface area contributed by atoms with Gasteiger partial charge in [0.25, 0.3) is 0 Å². The number of carboxylic acid groups (broad SMARTS) is 1. The molecule has 19 heavy (non-hydrogen) atoms. The Balaban J connectivity index is 2.16. The monoisotopic (exact) mass is 263 g/mol. The van der Waals surface area contributed by atoms with E-state index in [9.17, 15) is 9.18 Å². The van der Waals surface area contributed by atoms with Gasteiger partial charge in [0.05, 0.1) is 6.20 Å². The summed E-state index contributed by atoms with van der Waals surface area (Å²) in [6, 6.07) is 5.48. The van der Waals surface area contributed by atoms with E-state index in [1.807, 2.05) is 0 Å². The van der Waals surface area contributed by atoms with Crippen molar-refractivity contribution in [1.29, 1.82) is 0 Å². The average molecular weight is 263 g/mol. The van der Waals surface area contributed by atoms with Crippen LogP contribution in [-0.2, 0) is 11.4 Å². The zero-order valence-electron chi connectivity index (χ0n) is 9.75. The fourth-order valence-electron chi connectivity index (χ4n) is 1.41. The van der Waals surface area contributed by atoms with Gasteiger partial charge in [0.1, 0.15) is 18.2 Å². The summed E-state index contributed by atoms with van der Waals surface area (Å²) in [5.41, 5.74) is 0.335. The third-order valence-corrected chi connectivity index (χ3v) is 2.24. The van der Waals surface area contributed by atoms with Crippen molar-refractivity contribution >= 4 is 12.0 Å². The van der Waals surface area contributed by atoms with E-state index in [0.29, 0.717) is 17.1 Å². The fourth-order valence-corrected chi connectivity index (χ4v) is 1.41. The van der Waals surface area contributed by atoms with Gasteiger partial charge in [-0.3, -0.25) is 0 Å². The van der Waals surface area contributed by atoms with Crippen LogP contribution in [0.5, 0.6) is 5.75 Å². The number of hydrogen-bond acceptors (Lipinski definition) is 4. The number of aliphatic carboxylic acids is 1. The van der Waals surface area contributed by atoms with Gasteiger partial charge in [-0.15, -0.1) is 0 Å². The Bertz CT molecular complexity index is 593. The van der Waals surface area contributed by atoms with Crippen molar-refractivity contribution < 1.29 is 23.6 Å². The molecule has 0 saturated heterocycles. The standard InChI is InChI=1S/C13H10FNO4/c14-10-2-3-12(9(7-10)1-4-13(16)17)18-8-11-5-6-15-19-11/h1-7H,8H2,(H,16,17)/b4-1+. The maximum absolute atomic E-state index is 13.1. The van der Waals surface area contributed by atoms with Crippen LogP contribution in [0.3, 0.4) is 0 Å². The number of carboxylic acids is 1. The molecule has 0 amide bonds. The number of aromatic nitrogens is 1. The van der Waals surface area contributed by atoms with Crippen molar-refractivity contribution in [2.24, 2.45) is 0 Å². The first-order valence-electron chi connectivity index (χ1n) is 5.38. The molecule has 1 aromatic carbocycles. The molecule has 0 unspecified atom stereocenters. The lowest BCUT2D eigenvalue weighted by molar-refractivity contribution is -0.131. The van der Waals surface area contributed by atoms with E-state index in [1.54, 1.807) is 6.07 Å². The minimum atomic E-state index is -1.12. The average Bonchev–Trinajstić information content (AvgIpc) is 2.88. The van der Waals surface area contributed by atoms with Crippen LogP contribution in [0, 0.1) is 5.82 Å². The van der Waals surface area contributed by atoms with Crippen LogP contribution in [0.15, 0.2) is 41.1 Å². The van der Waals surface area contributed by atoms with Crippen LogP contribution < -0.4 is 4.74 Å². The first kappa shape index (κ1) is 12.8. The molecule has 0 radical (unpaired) electrons. The van der Waals surface area contributed by atoms with Crippen molar-refractivity contribution in [3.8, 4) is 5.75 Å². The highest BCUT2D eigenvalue weighted by atomic mass is 19.1. The molecule has 0 saturated carbocycles. The predicted molar refractivity (Wildman–Crippen MR) is 63.9 cm³/mol. The van der Waals surface area contributed by atoms with E-state index in [1.165, 1.54) is 30.5 Å². The summed E-state index contributed by atoms with van der Waals surface area (Å²) in [7, 11) is 0. The number of carbonyl (C=O) groups is 1. The largest absolute Gasteiger partial charge is 0.485 e. The van der Waals surface area contributed by atoms with Gasteiger partial charge in [-0.1, -0.05) is 5.16 Å². The van der Waals surface area contributed by atoms with Crippen molar-refractivity contribution in [1.82, 2.24) is 5.16 Å². The number of nitrogens with zero attached hydrogens (tertiary/aromatic N) is 1. The molecule has 2 rings (SSSR count). The third-order valence-electron chi connectivity index (χ3n) is 2.24. The lowest BCUT2D eigenvalue weighted by atomic mass is 10.2. The number of halogens is 1. The highest BCUT2D eigenvalue weighted by Crippen LogP contribution is 2.22. The predicted octanol–water partition coefficient (Wildman–Crippen LogP) is 2.49. The van der Waals surface area contributed by atoms with Gasteiger partial charge in [-0.2, -0.15) is 0 Å². The van der Waals surface area contributed by atoms with E-state index in [-0.39, 0.29) is 6.61 Å². The molecule has 0 aliphatic rings. The Hall–Kier alpha value is -2.63. The van der Waals surface area contributed by atoms with E-state index >= 15 is 0 Å². The minimum absolute atomic E-state index is 0.125. The molecule has 1 N–H and O–H groups in total. The zero-order valence-corrected chi connectivity index (χ0v) is 9.75. The van der Waals surface area contributed by atoms with Gasteiger partial charge in [0.2, 0.25) is 0 Å². The van der Waals surface area contributed by atoms with Crippen molar-refractivity contribution in [2.75, 3.05) is 0 Å². The quantitative estimate of drug-likeness (QED) is 0.839. The summed E-state index contributed by atoms with van der Waals surface area (Å²) >= 11 is 0. The normalized spacial score (nSPS) is 10.8. The van der Waals surface area contributed by atoms with E-state index in [2.05, 4.69) is 5.16 Å². The van der Waals surface area contributed by atoms with Crippen LogP contribution in [0.25, 0.3) is 6.08 Å². The molecule has 0 spiro atoms. The van der Waals surface area contributed by atoms with E-state index in [0.717, 1.165) is 6.08 Å². The second kappa shape index (κ2) is 5.81. The van der Waals surface area contributed by atoms with Crippen molar-refractivity contribution in [3.63, 3.8) is 0 Å². The Morgan fingerprint density at radius 1 is 1.47 bits per heavy atom. The van der Waals surface area contributed by atoms with Crippen molar-refractivity contribution in [2.45, 2.75) is 6.61 Å². The Morgan fingerprint density at radius 3 is 3.00 bits per heavy atom. The topological polar surface area (TPSA) is 72.6 Å². The van der Waals surface area contributed by atoms with Crippen LogP contribution in [0.2, 0.25) is 0 Å². The van der Waals surface area contributed by atoms with Crippen LogP contribution in [-0.4, -0.2) is 16.2 Å². The molecular weight excluding hydrogens is 253 g/mol. The second-order valence-electron chi connectivity index (χ2n) is 3.62. The minimum Gasteiger partial charge on any atom is -0.485 e. The lowest BCUT2D eigenvalue weighted by Gasteiger charge is -2.07. The summed E-state index contributed by atoms with van der Waals surface area (Å²) in [4.78, 5) is 10.5. The maximum Gasteiger partial charge on any atom is 0.328 e. The molecule has 0 bridgehead atoms. The molecule has 1 aromatic heterocycles. The van der Waals surface area contributed by atoms with E-state index in [4.69, 9.17) is 14.4 Å². The van der Waals surface area contributed by atoms with Gasteiger partial charge in [0, 0.05) is 17.7 Å². The molecule has 0 fully saturated rings. The third kappa shape index (κ3) is 3.67. The molecule has 5 nitrogen and oxygen atoms in total. The van der Waals surface area contributed by atoms with Gasteiger partial charge < -0.3 is 14.4 Å². The van der Waals surface area contributed by atoms with Gasteiger partial charge in [-0.25, -0.2) is 9.18 Å². The molecule has 6 heteroatoms. The summed E-state index contributed by atoms with van der Waals surface area (Å²) in [5.74, 6) is -0.727. The summed E-state index contributed by atoms with van der Waals surface area (Å²) in [6.07, 6.45) is 3.66. The molecule has 1 heterocycles. The summed E-state index contributed by atoms with van der Waals surface area (Å²) in [6.45, 7) is 0.125. The maximum atomic E-state index is 13.1. The number of ether oxygens (including phenoxy) is 1. The highest BCUT2D eigenvalue weighted by Gasteiger charge is 2.05. The lowest BCUT2D eigenvalue weighted by Crippen LogP contribution is -1.96. The first-order valence-corrected chi connectivity index (χ1v) is 5.38. The van der Waals surface area contributed by atoms with Crippen LogP contribution in [0.4, 0.5) is 4.39 Å². The van der Waals surface area contributed by atoms with Crippen LogP contribution >= 0.6 is 0 Å². The van der Waals surface area contributed by atoms with Gasteiger partial charge in [-0.05, 0) is 24.3 Å². The van der Waals surface area contributed by atoms with Crippen LogP contribution in [0.1, 0.15) is 11.3 Å². The Labute approximate surface area is 107 Å². The molecule has 0 aliphatic carbocycles. The molecule has 0 atom stereocenters. The molecule has 2 aromatic rings. The Morgan fingerprint density at radius 2 is 2.32 bits per heavy atom. The Kier molecular flexibility index (Phi) is 3.92. The molecule has 0 aliphatic heterocycles. The summed E-state index contributed by atoms with van der Waals surface area (Å²) < 4.78 is 23.4. The fraction of sp³-hybridized carbons (Fsp3) is 0.0769. The number of rotatable bonds is 5. The van der Waals surface area contributed by atoms with E-state index < -0.39 is 11.8 Å². The van der Waals surface area contributed by atoms with Crippen molar-refractivity contribution in [3.05, 3.63) is 53.7 Å². The molecule has 98 valence electrons. The second-order valence-corrected chi connectivity index (χ2v) is 3.62. The molecular formula is C13H10FNO4. The number of hydrogen-bond donors (Lipinski definition) is 1. The zero-order chi connectivity index (χ0) is 13.7. The van der Waals surface area contributed by atoms with Gasteiger partial charge >= 0.3 is 5.97 Å². The summed E-state index contributed by atoms with van der Waals surface area (Å²) in [5, 5.41) is 12.1. The smallest absolute Gasteiger partial charge is 0.328 e. The first-order chi connectivity index (χ1) is 9.15. The van der Waals surface area contributed by atoms with Gasteiger partial charge in [0.15, 0.2) is 5.76 Å². The SMILES string of the molecule is O=C(O)/C=C/c1cc(F)ccc1OCc1ccno1. The number of benzene rings is 1.